The Bertz CT molecular complexity index is 2910. The molecule has 52 heavy (non-hydrogen) atoms. The molecule has 1 nitrogen and oxygen atoms in total. The number of thiophene rings is 1. The third-order valence-electron chi connectivity index (χ3n) is 10.3. The number of hydrogen-bond acceptors (Lipinski definition) is 2. The second kappa shape index (κ2) is 12.7. The van der Waals surface area contributed by atoms with Crippen LogP contribution in [0.3, 0.4) is 0 Å². The predicted octanol–water partition coefficient (Wildman–Crippen LogP) is 14.8. The lowest BCUT2D eigenvalue weighted by Gasteiger charge is -2.29. The highest BCUT2D eigenvalue weighted by Gasteiger charge is 2.20. The van der Waals surface area contributed by atoms with Crippen LogP contribution in [0.4, 0.5) is 17.1 Å². The lowest BCUT2D eigenvalue weighted by atomic mass is 9.95. The molecule has 0 fully saturated rings. The van der Waals surface area contributed by atoms with Crippen molar-refractivity contribution in [2.24, 2.45) is 0 Å². The van der Waals surface area contributed by atoms with Crippen molar-refractivity contribution in [3.05, 3.63) is 200 Å². The molecule has 0 aliphatic heterocycles. The van der Waals surface area contributed by atoms with E-state index in [-0.39, 0.29) is 0 Å². The van der Waals surface area contributed by atoms with Crippen molar-refractivity contribution in [2.75, 3.05) is 4.90 Å². The SMILES string of the molecule is c1cc(-c2cccc3ccccc23)cc(N(c2ccc(-c3cccc4ccccc34)cc2)c2ccccc2-c2cccc3sc4ccccc4c23)c1. The molecule has 0 spiro atoms. The van der Waals surface area contributed by atoms with E-state index in [9.17, 15) is 0 Å². The number of hydrogen-bond donors (Lipinski definition) is 0. The average Bonchev–Trinajstić information content (AvgIpc) is 3.60. The molecular formula is C50H33NS. The standard InChI is InChI=1S/C50H33NS/c1-3-19-40-34(13-1)15-10-23-42(40)36-29-31-38(32-30-36)51(39-18-9-17-37(33-39)43-24-11-16-35-14-2-4-20-41(35)43)47-26-7-5-21-44(47)45-25-12-28-49-50(45)46-22-6-8-27-48(46)52-49/h1-33H. The van der Waals surface area contributed by atoms with Gasteiger partial charge in [-0.2, -0.15) is 0 Å². The van der Waals surface area contributed by atoms with Gasteiger partial charge in [0.15, 0.2) is 0 Å². The fourth-order valence-electron chi connectivity index (χ4n) is 7.88. The van der Waals surface area contributed by atoms with Gasteiger partial charge >= 0.3 is 0 Å². The Kier molecular flexibility index (Phi) is 7.41. The van der Waals surface area contributed by atoms with Gasteiger partial charge in [-0.3, -0.25) is 0 Å². The summed E-state index contributed by atoms with van der Waals surface area (Å²) in [5.74, 6) is 0. The second-order valence-electron chi connectivity index (χ2n) is 13.3. The molecule has 0 unspecified atom stereocenters. The summed E-state index contributed by atoms with van der Waals surface area (Å²) in [7, 11) is 0. The van der Waals surface area contributed by atoms with Crippen LogP contribution in [0, 0.1) is 0 Å². The first-order valence-corrected chi connectivity index (χ1v) is 18.6. The van der Waals surface area contributed by atoms with Crippen LogP contribution in [0.2, 0.25) is 0 Å². The fraction of sp³-hybridized carbons (Fsp3) is 0. The number of anilines is 3. The van der Waals surface area contributed by atoms with Gasteiger partial charge in [0, 0.05) is 37.1 Å². The maximum Gasteiger partial charge on any atom is 0.0540 e. The van der Waals surface area contributed by atoms with Crippen molar-refractivity contribution in [1.29, 1.82) is 0 Å². The largest absolute Gasteiger partial charge is 0.310 e. The number of rotatable bonds is 6. The number of nitrogens with zero attached hydrogens (tertiary/aromatic N) is 1. The summed E-state index contributed by atoms with van der Waals surface area (Å²) >= 11 is 1.86. The second-order valence-corrected chi connectivity index (χ2v) is 14.4. The van der Waals surface area contributed by atoms with E-state index in [1.165, 1.54) is 75.1 Å². The summed E-state index contributed by atoms with van der Waals surface area (Å²) < 4.78 is 2.61. The maximum atomic E-state index is 2.43. The van der Waals surface area contributed by atoms with Crippen LogP contribution in [0.5, 0.6) is 0 Å². The quantitative estimate of drug-likeness (QED) is 0.169. The minimum Gasteiger partial charge on any atom is -0.310 e. The molecule has 0 N–H and O–H groups in total. The molecule has 0 bridgehead atoms. The molecule has 1 aromatic heterocycles. The highest BCUT2D eigenvalue weighted by molar-refractivity contribution is 7.25. The maximum absolute atomic E-state index is 2.43. The van der Waals surface area contributed by atoms with E-state index in [4.69, 9.17) is 0 Å². The zero-order valence-electron chi connectivity index (χ0n) is 28.4. The molecule has 0 saturated carbocycles. The topological polar surface area (TPSA) is 3.24 Å². The lowest BCUT2D eigenvalue weighted by Crippen LogP contribution is -2.11. The summed E-state index contributed by atoms with van der Waals surface area (Å²) in [6.45, 7) is 0. The number of fused-ring (bicyclic) bond motifs is 5. The van der Waals surface area contributed by atoms with Gasteiger partial charge in [-0.15, -0.1) is 11.3 Å². The minimum absolute atomic E-state index is 1.11. The number of benzene rings is 9. The Morgan fingerprint density at radius 2 is 0.865 bits per heavy atom. The van der Waals surface area contributed by atoms with Crippen LogP contribution in [-0.2, 0) is 0 Å². The molecule has 0 saturated heterocycles. The third kappa shape index (κ3) is 5.16. The van der Waals surface area contributed by atoms with Crippen molar-refractivity contribution in [2.45, 2.75) is 0 Å². The van der Waals surface area contributed by atoms with E-state index in [1.54, 1.807) is 0 Å². The van der Waals surface area contributed by atoms with Gasteiger partial charge < -0.3 is 4.90 Å². The summed E-state index contributed by atoms with van der Waals surface area (Å²) in [5, 5.41) is 7.62. The molecule has 10 aromatic rings. The van der Waals surface area contributed by atoms with E-state index in [0.717, 1.165) is 17.1 Å². The Labute approximate surface area is 307 Å². The van der Waals surface area contributed by atoms with E-state index < -0.39 is 0 Å². The highest BCUT2D eigenvalue weighted by Crippen LogP contribution is 2.47. The molecule has 0 atom stereocenters. The third-order valence-corrected chi connectivity index (χ3v) is 11.4. The molecule has 0 aliphatic rings. The molecule has 1 heterocycles. The summed E-state index contributed by atoms with van der Waals surface area (Å²) in [5.41, 5.74) is 10.7. The zero-order valence-corrected chi connectivity index (χ0v) is 29.2. The Morgan fingerprint density at radius 1 is 0.327 bits per heavy atom. The van der Waals surface area contributed by atoms with Crippen LogP contribution in [-0.4, -0.2) is 0 Å². The normalized spacial score (nSPS) is 11.5. The first-order valence-electron chi connectivity index (χ1n) is 17.8. The molecule has 0 aliphatic carbocycles. The Morgan fingerprint density at radius 3 is 1.63 bits per heavy atom. The fourth-order valence-corrected chi connectivity index (χ4v) is 9.01. The van der Waals surface area contributed by atoms with Crippen LogP contribution < -0.4 is 4.90 Å². The van der Waals surface area contributed by atoms with Crippen LogP contribution in [0.15, 0.2) is 200 Å². The van der Waals surface area contributed by atoms with E-state index >= 15 is 0 Å². The van der Waals surface area contributed by atoms with Crippen LogP contribution in [0.25, 0.3) is 75.1 Å². The zero-order chi connectivity index (χ0) is 34.4. The van der Waals surface area contributed by atoms with Crippen molar-refractivity contribution >= 4 is 70.1 Å². The van der Waals surface area contributed by atoms with Gasteiger partial charge in [0.25, 0.3) is 0 Å². The lowest BCUT2D eigenvalue weighted by molar-refractivity contribution is 1.28. The monoisotopic (exact) mass is 679 g/mol. The molecule has 9 aromatic carbocycles. The average molecular weight is 680 g/mol. The van der Waals surface area contributed by atoms with Gasteiger partial charge in [-0.25, -0.2) is 0 Å². The molecule has 0 amide bonds. The van der Waals surface area contributed by atoms with E-state index in [0.29, 0.717) is 0 Å². The molecule has 244 valence electrons. The highest BCUT2D eigenvalue weighted by atomic mass is 32.1. The smallest absolute Gasteiger partial charge is 0.0540 e. The van der Waals surface area contributed by atoms with Crippen molar-refractivity contribution < 1.29 is 0 Å². The first-order chi connectivity index (χ1) is 25.8. The van der Waals surface area contributed by atoms with E-state index in [1.807, 2.05) is 11.3 Å². The molecular weight excluding hydrogens is 647 g/mol. The minimum atomic E-state index is 1.11. The van der Waals surface area contributed by atoms with Gasteiger partial charge in [-0.1, -0.05) is 158 Å². The molecule has 10 rings (SSSR count). The summed E-state index contributed by atoms with van der Waals surface area (Å²) in [6.07, 6.45) is 0. The molecule has 0 radical (unpaired) electrons. The van der Waals surface area contributed by atoms with Gasteiger partial charge in [-0.05, 0) is 91.8 Å². The van der Waals surface area contributed by atoms with Gasteiger partial charge in [0.05, 0.1) is 5.69 Å². The van der Waals surface area contributed by atoms with Crippen molar-refractivity contribution in [3.8, 4) is 33.4 Å². The van der Waals surface area contributed by atoms with Gasteiger partial charge in [0.1, 0.15) is 0 Å². The van der Waals surface area contributed by atoms with Crippen LogP contribution in [0.1, 0.15) is 0 Å². The van der Waals surface area contributed by atoms with Gasteiger partial charge in [0.2, 0.25) is 0 Å². The Hall–Kier alpha value is -6.48. The molecule has 2 heteroatoms. The van der Waals surface area contributed by atoms with Crippen LogP contribution >= 0.6 is 11.3 Å². The van der Waals surface area contributed by atoms with Crippen molar-refractivity contribution in [3.63, 3.8) is 0 Å². The first kappa shape index (κ1) is 30.4. The predicted molar refractivity (Wildman–Crippen MR) is 225 cm³/mol. The summed E-state index contributed by atoms with van der Waals surface area (Å²) in [6, 6.07) is 73.0. The summed E-state index contributed by atoms with van der Waals surface area (Å²) in [4.78, 5) is 2.43. The van der Waals surface area contributed by atoms with E-state index in [2.05, 4.69) is 205 Å². The number of para-hydroxylation sites is 1. The van der Waals surface area contributed by atoms with Crippen molar-refractivity contribution in [1.82, 2.24) is 0 Å². The Balaban J connectivity index is 1.18.